The smallest absolute Gasteiger partial charge is 0.309 e. The highest BCUT2D eigenvalue weighted by atomic mass is 16.5. The molecule has 1 saturated carbocycles. The van der Waals surface area contributed by atoms with Crippen LogP contribution in [0.5, 0.6) is 5.75 Å². The summed E-state index contributed by atoms with van der Waals surface area (Å²) in [6.07, 6.45) is 3.91. The molecule has 0 bridgehead atoms. The standard InChI is InChI=1S/C20H29NO4/c1-13-9-10-14(2)19(15(13)3)25-12-18(22)21-11-16-7-5-6-8-17(16)20(23)24-4/h9-10,16-17H,5-8,11-12H2,1-4H3,(H,21,22). The fraction of sp³-hybridized carbons (Fsp3) is 0.600. The van der Waals surface area contributed by atoms with E-state index in [1.165, 1.54) is 7.11 Å². The molecule has 2 atom stereocenters. The first-order valence-electron chi connectivity index (χ1n) is 8.98. The second-order valence-corrected chi connectivity index (χ2v) is 6.92. The molecule has 1 N–H and O–H groups in total. The van der Waals surface area contributed by atoms with Crippen molar-refractivity contribution in [1.82, 2.24) is 5.32 Å². The summed E-state index contributed by atoms with van der Waals surface area (Å²) in [5.74, 6) is 0.491. The minimum Gasteiger partial charge on any atom is -0.483 e. The van der Waals surface area contributed by atoms with Crippen LogP contribution < -0.4 is 10.1 Å². The first-order valence-corrected chi connectivity index (χ1v) is 8.98. The number of benzene rings is 1. The molecule has 0 aromatic heterocycles. The van der Waals surface area contributed by atoms with Gasteiger partial charge in [0.05, 0.1) is 13.0 Å². The Morgan fingerprint density at radius 2 is 1.80 bits per heavy atom. The van der Waals surface area contributed by atoms with Gasteiger partial charge in [0.2, 0.25) is 0 Å². The number of esters is 1. The molecule has 1 aliphatic rings. The normalized spacial score (nSPS) is 20.0. The van der Waals surface area contributed by atoms with Crippen molar-refractivity contribution >= 4 is 11.9 Å². The highest BCUT2D eigenvalue weighted by Crippen LogP contribution is 2.30. The number of hydrogen-bond acceptors (Lipinski definition) is 4. The highest BCUT2D eigenvalue weighted by Gasteiger charge is 2.31. The molecule has 0 heterocycles. The topological polar surface area (TPSA) is 64.6 Å². The van der Waals surface area contributed by atoms with Crippen molar-refractivity contribution in [2.75, 3.05) is 20.3 Å². The van der Waals surface area contributed by atoms with Gasteiger partial charge in [-0.25, -0.2) is 0 Å². The Labute approximate surface area is 150 Å². The minimum absolute atomic E-state index is 0.0132. The van der Waals surface area contributed by atoms with Crippen molar-refractivity contribution in [3.8, 4) is 5.75 Å². The fourth-order valence-corrected chi connectivity index (χ4v) is 3.49. The van der Waals surface area contributed by atoms with Gasteiger partial charge in [-0.3, -0.25) is 9.59 Å². The summed E-state index contributed by atoms with van der Waals surface area (Å²) in [6, 6.07) is 4.05. The third-order valence-electron chi connectivity index (χ3n) is 5.20. The maximum atomic E-state index is 12.2. The lowest BCUT2D eigenvalue weighted by Gasteiger charge is -2.29. The summed E-state index contributed by atoms with van der Waals surface area (Å²) in [4.78, 5) is 24.0. The van der Waals surface area contributed by atoms with Gasteiger partial charge in [-0.05, 0) is 56.2 Å². The molecule has 1 aliphatic carbocycles. The van der Waals surface area contributed by atoms with Gasteiger partial charge in [-0.1, -0.05) is 25.0 Å². The summed E-state index contributed by atoms with van der Waals surface area (Å²) in [6.45, 7) is 6.48. The molecule has 0 radical (unpaired) electrons. The van der Waals surface area contributed by atoms with Crippen LogP contribution in [0.3, 0.4) is 0 Å². The predicted molar refractivity (Wildman–Crippen MR) is 96.6 cm³/mol. The fourth-order valence-electron chi connectivity index (χ4n) is 3.49. The molecule has 1 aromatic carbocycles. The minimum atomic E-state index is -0.166. The van der Waals surface area contributed by atoms with Crippen molar-refractivity contribution in [2.24, 2.45) is 11.8 Å². The van der Waals surface area contributed by atoms with E-state index in [9.17, 15) is 9.59 Å². The molecule has 5 heteroatoms. The second-order valence-electron chi connectivity index (χ2n) is 6.92. The van der Waals surface area contributed by atoms with E-state index in [0.717, 1.165) is 48.1 Å². The highest BCUT2D eigenvalue weighted by molar-refractivity contribution is 5.78. The maximum absolute atomic E-state index is 12.2. The SMILES string of the molecule is COC(=O)C1CCCCC1CNC(=O)COc1c(C)ccc(C)c1C. The number of nitrogens with one attached hydrogen (secondary N) is 1. The summed E-state index contributed by atoms with van der Waals surface area (Å²) in [5.41, 5.74) is 3.23. The Morgan fingerprint density at radius 1 is 1.12 bits per heavy atom. The molecule has 1 amide bonds. The van der Waals surface area contributed by atoms with E-state index in [0.29, 0.717) is 6.54 Å². The summed E-state index contributed by atoms with van der Waals surface area (Å²) in [7, 11) is 1.42. The molecule has 2 rings (SSSR count). The Bertz CT molecular complexity index is 626. The van der Waals surface area contributed by atoms with E-state index in [-0.39, 0.29) is 30.3 Å². The lowest BCUT2D eigenvalue weighted by Crippen LogP contribution is -2.39. The van der Waals surface area contributed by atoms with Crippen LogP contribution in [0.2, 0.25) is 0 Å². The van der Waals surface area contributed by atoms with E-state index in [1.54, 1.807) is 0 Å². The van der Waals surface area contributed by atoms with Crippen molar-refractivity contribution < 1.29 is 19.1 Å². The molecule has 138 valence electrons. The first-order chi connectivity index (χ1) is 11.9. The molecule has 5 nitrogen and oxygen atoms in total. The molecule has 0 spiro atoms. The van der Waals surface area contributed by atoms with Gasteiger partial charge in [0.15, 0.2) is 6.61 Å². The van der Waals surface area contributed by atoms with Crippen LogP contribution in [0.25, 0.3) is 0 Å². The van der Waals surface area contributed by atoms with Gasteiger partial charge < -0.3 is 14.8 Å². The average Bonchev–Trinajstić information content (AvgIpc) is 2.62. The summed E-state index contributed by atoms with van der Waals surface area (Å²) < 4.78 is 10.6. The zero-order valence-corrected chi connectivity index (χ0v) is 15.7. The molecule has 2 unspecified atom stereocenters. The largest absolute Gasteiger partial charge is 0.483 e. The number of hydrogen-bond donors (Lipinski definition) is 1. The number of carbonyl (C=O) groups is 2. The molecular formula is C20H29NO4. The lowest BCUT2D eigenvalue weighted by atomic mass is 9.79. The van der Waals surface area contributed by atoms with Gasteiger partial charge in [0, 0.05) is 6.54 Å². The monoisotopic (exact) mass is 347 g/mol. The van der Waals surface area contributed by atoms with Crippen molar-refractivity contribution in [2.45, 2.75) is 46.5 Å². The average molecular weight is 347 g/mol. The van der Waals surface area contributed by atoms with Gasteiger partial charge >= 0.3 is 5.97 Å². The summed E-state index contributed by atoms with van der Waals surface area (Å²) >= 11 is 0. The first kappa shape index (κ1) is 19.3. The third kappa shape index (κ3) is 4.97. The third-order valence-corrected chi connectivity index (χ3v) is 5.20. The van der Waals surface area contributed by atoms with Gasteiger partial charge in [-0.2, -0.15) is 0 Å². The number of methoxy groups -OCH3 is 1. The molecule has 1 aromatic rings. The number of rotatable bonds is 6. The van der Waals surface area contributed by atoms with Gasteiger partial charge in [0.1, 0.15) is 5.75 Å². The van der Waals surface area contributed by atoms with Crippen LogP contribution in [-0.4, -0.2) is 32.1 Å². The number of carbonyl (C=O) groups excluding carboxylic acids is 2. The van der Waals surface area contributed by atoms with Crippen LogP contribution >= 0.6 is 0 Å². The number of ether oxygens (including phenoxy) is 2. The van der Waals surface area contributed by atoms with Crippen molar-refractivity contribution in [3.63, 3.8) is 0 Å². The zero-order chi connectivity index (χ0) is 18.4. The zero-order valence-electron chi connectivity index (χ0n) is 15.7. The van der Waals surface area contributed by atoms with Crippen LogP contribution in [0, 0.1) is 32.6 Å². The molecule has 0 aliphatic heterocycles. The van der Waals surface area contributed by atoms with Crippen LogP contribution in [0.4, 0.5) is 0 Å². The van der Waals surface area contributed by atoms with Gasteiger partial charge in [-0.15, -0.1) is 0 Å². The molecule has 0 saturated heterocycles. The van der Waals surface area contributed by atoms with Crippen LogP contribution in [0.1, 0.15) is 42.4 Å². The number of aryl methyl sites for hydroxylation is 2. The Morgan fingerprint density at radius 3 is 2.52 bits per heavy atom. The molecule has 25 heavy (non-hydrogen) atoms. The Hall–Kier alpha value is -2.04. The quantitative estimate of drug-likeness (QED) is 0.803. The van der Waals surface area contributed by atoms with E-state index in [4.69, 9.17) is 9.47 Å². The van der Waals surface area contributed by atoms with E-state index in [1.807, 2.05) is 32.9 Å². The predicted octanol–water partition coefficient (Wildman–Crippen LogP) is 3.09. The maximum Gasteiger partial charge on any atom is 0.309 e. The van der Waals surface area contributed by atoms with Crippen molar-refractivity contribution in [1.29, 1.82) is 0 Å². The molecule has 1 fully saturated rings. The van der Waals surface area contributed by atoms with E-state index >= 15 is 0 Å². The summed E-state index contributed by atoms with van der Waals surface area (Å²) in [5, 5.41) is 2.91. The van der Waals surface area contributed by atoms with Crippen LogP contribution in [-0.2, 0) is 14.3 Å². The molecular weight excluding hydrogens is 318 g/mol. The number of amides is 1. The van der Waals surface area contributed by atoms with Crippen molar-refractivity contribution in [3.05, 3.63) is 28.8 Å². The van der Waals surface area contributed by atoms with Gasteiger partial charge in [0.25, 0.3) is 5.91 Å². The van der Waals surface area contributed by atoms with Crippen LogP contribution in [0.15, 0.2) is 12.1 Å². The van der Waals surface area contributed by atoms with E-state index in [2.05, 4.69) is 5.32 Å². The Balaban J connectivity index is 1.86. The van der Waals surface area contributed by atoms with E-state index < -0.39 is 0 Å². The second kappa shape index (κ2) is 8.88. The Kier molecular flexibility index (Phi) is 6.85. The lowest BCUT2D eigenvalue weighted by molar-refractivity contribution is -0.148.